The normalized spacial score (nSPS) is 17.7. The SMILES string of the molecule is CCSc1ccc(C(C)NC(=O)NCC2(O)CCC2)cc1. The molecule has 1 atom stereocenters. The molecular formula is C16H24N2O2S. The molecular weight excluding hydrogens is 284 g/mol. The molecule has 2 rings (SSSR count). The first-order valence-corrected chi connectivity index (χ1v) is 8.50. The van der Waals surface area contributed by atoms with Crippen LogP contribution in [0.1, 0.15) is 44.7 Å². The molecule has 4 nitrogen and oxygen atoms in total. The highest BCUT2D eigenvalue weighted by Gasteiger charge is 2.34. The summed E-state index contributed by atoms with van der Waals surface area (Å²) in [7, 11) is 0. The summed E-state index contributed by atoms with van der Waals surface area (Å²) in [5.74, 6) is 1.05. The van der Waals surface area contributed by atoms with Gasteiger partial charge < -0.3 is 15.7 Å². The van der Waals surface area contributed by atoms with Crippen LogP contribution < -0.4 is 10.6 Å². The van der Waals surface area contributed by atoms with Crippen molar-refractivity contribution in [2.45, 2.75) is 49.6 Å². The molecule has 2 amide bonds. The number of carbonyl (C=O) groups excluding carboxylic acids is 1. The molecule has 3 N–H and O–H groups in total. The summed E-state index contributed by atoms with van der Waals surface area (Å²) in [5, 5.41) is 15.6. The van der Waals surface area contributed by atoms with Crippen molar-refractivity contribution in [3.8, 4) is 0 Å². The molecule has 1 aromatic carbocycles. The lowest BCUT2D eigenvalue weighted by atomic mass is 9.80. The predicted molar refractivity (Wildman–Crippen MR) is 86.6 cm³/mol. The highest BCUT2D eigenvalue weighted by Crippen LogP contribution is 2.30. The smallest absolute Gasteiger partial charge is 0.315 e. The molecule has 116 valence electrons. The molecule has 0 bridgehead atoms. The number of amides is 2. The fourth-order valence-corrected chi connectivity index (χ4v) is 3.02. The number of rotatable bonds is 6. The van der Waals surface area contributed by atoms with Crippen LogP contribution in [-0.2, 0) is 0 Å². The van der Waals surface area contributed by atoms with Crippen molar-refractivity contribution < 1.29 is 9.90 Å². The molecule has 5 heteroatoms. The minimum Gasteiger partial charge on any atom is -0.388 e. The van der Waals surface area contributed by atoms with Crippen LogP contribution in [0.2, 0.25) is 0 Å². The fraction of sp³-hybridized carbons (Fsp3) is 0.562. The fourth-order valence-electron chi connectivity index (χ4n) is 2.36. The highest BCUT2D eigenvalue weighted by molar-refractivity contribution is 7.99. The Balaban J connectivity index is 1.79. The number of carbonyl (C=O) groups is 1. The molecule has 1 unspecified atom stereocenters. The maximum atomic E-state index is 11.8. The van der Waals surface area contributed by atoms with E-state index in [4.69, 9.17) is 0 Å². The van der Waals surface area contributed by atoms with Gasteiger partial charge >= 0.3 is 6.03 Å². The van der Waals surface area contributed by atoms with E-state index >= 15 is 0 Å². The van der Waals surface area contributed by atoms with Gasteiger partial charge in [0, 0.05) is 11.4 Å². The Morgan fingerprint density at radius 3 is 2.57 bits per heavy atom. The zero-order chi connectivity index (χ0) is 15.3. The van der Waals surface area contributed by atoms with Gasteiger partial charge in [-0.05, 0) is 49.6 Å². The maximum absolute atomic E-state index is 11.8. The second-order valence-electron chi connectivity index (χ2n) is 5.63. The minimum absolute atomic E-state index is 0.0540. The summed E-state index contributed by atoms with van der Waals surface area (Å²) < 4.78 is 0. The van der Waals surface area contributed by atoms with Crippen LogP contribution in [0.15, 0.2) is 29.2 Å². The number of urea groups is 1. The lowest BCUT2D eigenvalue weighted by Crippen LogP contribution is -2.50. The quantitative estimate of drug-likeness (QED) is 0.708. The Morgan fingerprint density at radius 1 is 1.38 bits per heavy atom. The van der Waals surface area contributed by atoms with Crippen molar-refractivity contribution in [1.82, 2.24) is 10.6 Å². The Bertz CT molecular complexity index is 472. The Labute approximate surface area is 130 Å². The molecule has 1 aromatic rings. The summed E-state index contributed by atoms with van der Waals surface area (Å²) >= 11 is 1.80. The Hall–Kier alpha value is -1.20. The number of nitrogens with one attached hydrogen (secondary N) is 2. The average Bonchev–Trinajstić information content (AvgIpc) is 2.44. The molecule has 0 saturated heterocycles. The zero-order valence-corrected chi connectivity index (χ0v) is 13.5. The third kappa shape index (κ3) is 4.64. The summed E-state index contributed by atoms with van der Waals surface area (Å²) in [6.45, 7) is 4.42. The number of thioether (sulfide) groups is 1. The van der Waals surface area contributed by atoms with Crippen LogP contribution in [0.3, 0.4) is 0 Å². The van der Waals surface area contributed by atoms with Gasteiger partial charge in [0.15, 0.2) is 0 Å². The van der Waals surface area contributed by atoms with Crippen LogP contribution in [0.4, 0.5) is 4.79 Å². The number of hydrogen-bond donors (Lipinski definition) is 3. The van der Waals surface area contributed by atoms with E-state index in [0.29, 0.717) is 6.54 Å². The first-order valence-electron chi connectivity index (χ1n) is 7.52. The zero-order valence-electron chi connectivity index (χ0n) is 12.7. The summed E-state index contributed by atoms with van der Waals surface area (Å²) in [6.07, 6.45) is 2.59. The van der Waals surface area contributed by atoms with E-state index in [1.165, 1.54) is 4.90 Å². The molecule has 0 aliphatic heterocycles. The molecule has 1 saturated carbocycles. The van der Waals surface area contributed by atoms with Gasteiger partial charge in [-0.2, -0.15) is 0 Å². The number of benzene rings is 1. The van der Waals surface area contributed by atoms with Gasteiger partial charge in [-0.25, -0.2) is 4.79 Å². The molecule has 21 heavy (non-hydrogen) atoms. The standard InChI is InChI=1S/C16H24N2O2S/c1-3-21-14-7-5-13(6-8-14)12(2)18-15(19)17-11-16(20)9-4-10-16/h5-8,12,20H,3-4,9-11H2,1-2H3,(H2,17,18,19). The molecule has 1 aliphatic rings. The molecule has 0 spiro atoms. The lowest BCUT2D eigenvalue weighted by molar-refractivity contribution is -0.0290. The lowest BCUT2D eigenvalue weighted by Gasteiger charge is -2.36. The minimum atomic E-state index is -0.681. The first kappa shape index (κ1) is 16.2. The topological polar surface area (TPSA) is 61.4 Å². The molecule has 1 aliphatic carbocycles. The van der Waals surface area contributed by atoms with Gasteiger partial charge in [0.05, 0.1) is 11.6 Å². The number of hydrogen-bond acceptors (Lipinski definition) is 3. The molecule has 0 aromatic heterocycles. The van der Waals surface area contributed by atoms with Crippen LogP contribution in [0, 0.1) is 0 Å². The van der Waals surface area contributed by atoms with E-state index in [2.05, 4.69) is 29.7 Å². The van der Waals surface area contributed by atoms with E-state index in [-0.39, 0.29) is 12.1 Å². The van der Waals surface area contributed by atoms with E-state index in [1.54, 1.807) is 11.8 Å². The Kier molecular flexibility index (Phi) is 5.53. The van der Waals surface area contributed by atoms with Crippen molar-refractivity contribution in [2.75, 3.05) is 12.3 Å². The summed E-state index contributed by atoms with van der Waals surface area (Å²) in [6, 6.07) is 7.97. The predicted octanol–water partition coefficient (Wildman–Crippen LogP) is 3.07. The molecule has 0 heterocycles. The van der Waals surface area contributed by atoms with E-state index in [1.807, 2.05) is 19.1 Å². The van der Waals surface area contributed by atoms with E-state index in [0.717, 1.165) is 30.6 Å². The monoisotopic (exact) mass is 308 g/mol. The van der Waals surface area contributed by atoms with Crippen molar-refractivity contribution in [3.63, 3.8) is 0 Å². The second-order valence-corrected chi connectivity index (χ2v) is 6.97. The number of aliphatic hydroxyl groups is 1. The third-order valence-electron chi connectivity index (χ3n) is 3.90. The highest BCUT2D eigenvalue weighted by atomic mass is 32.2. The van der Waals surface area contributed by atoms with Gasteiger partial charge in [-0.15, -0.1) is 11.8 Å². The maximum Gasteiger partial charge on any atom is 0.315 e. The first-order chi connectivity index (χ1) is 10.0. The van der Waals surface area contributed by atoms with E-state index in [9.17, 15) is 9.90 Å². The Morgan fingerprint density at radius 2 is 2.05 bits per heavy atom. The van der Waals surface area contributed by atoms with Gasteiger partial charge in [0.25, 0.3) is 0 Å². The van der Waals surface area contributed by atoms with Crippen molar-refractivity contribution in [1.29, 1.82) is 0 Å². The van der Waals surface area contributed by atoms with Crippen LogP contribution in [-0.4, -0.2) is 29.0 Å². The van der Waals surface area contributed by atoms with Crippen molar-refractivity contribution in [3.05, 3.63) is 29.8 Å². The van der Waals surface area contributed by atoms with Crippen LogP contribution in [0.25, 0.3) is 0 Å². The summed E-state index contributed by atoms with van der Waals surface area (Å²) in [5.41, 5.74) is 0.396. The third-order valence-corrected chi connectivity index (χ3v) is 4.80. The van der Waals surface area contributed by atoms with Gasteiger partial charge in [-0.1, -0.05) is 19.1 Å². The molecule has 0 radical (unpaired) electrons. The van der Waals surface area contributed by atoms with Gasteiger partial charge in [0.1, 0.15) is 0 Å². The summed E-state index contributed by atoms with van der Waals surface area (Å²) in [4.78, 5) is 13.1. The largest absolute Gasteiger partial charge is 0.388 e. The van der Waals surface area contributed by atoms with Crippen LogP contribution in [0.5, 0.6) is 0 Å². The van der Waals surface area contributed by atoms with Crippen molar-refractivity contribution in [2.24, 2.45) is 0 Å². The molecule has 1 fully saturated rings. The van der Waals surface area contributed by atoms with Crippen LogP contribution >= 0.6 is 11.8 Å². The van der Waals surface area contributed by atoms with Gasteiger partial charge in [0.2, 0.25) is 0 Å². The van der Waals surface area contributed by atoms with Gasteiger partial charge in [-0.3, -0.25) is 0 Å². The second kappa shape index (κ2) is 7.18. The van der Waals surface area contributed by atoms with Crippen molar-refractivity contribution >= 4 is 17.8 Å². The van der Waals surface area contributed by atoms with E-state index < -0.39 is 5.60 Å². The average molecular weight is 308 g/mol.